The predicted molar refractivity (Wildman–Crippen MR) is 51.7 cm³/mol. The van der Waals surface area contributed by atoms with Crippen LogP contribution >= 0.6 is 0 Å². The van der Waals surface area contributed by atoms with Crippen LogP contribution in [-0.2, 0) is 9.59 Å². The Balaban J connectivity index is 2.56. The van der Waals surface area contributed by atoms with Crippen LogP contribution in [0.3, 0.4) is 0 Å². The third-order valence-electron chi connectivity index (χ3n) is 3.02. The van der Waals surface area contributed by atoms with Gasteiger partial charge in [-0.05, 0) is 25.7 Å². The average Bonchev–Trinajstić information content (AvgIpc) is 2.82. The Labute approximate surface area is 83.7 Å². The zero-order valence-electron chi connectivity index (χ0n) is 8.83. The zero-order chi connectivity index (χ0) is 10.9. The van der Waals surface area contributed by atoms with Gasteiger partial charge in [0.25, 0.3) is 0 Å². The Bertz CT molecular complexity index is 264. The molecular formula is C10H17NO3. The number of carboxylic acid groups (broad SMARTS) is 1. The van der Waals surface area contributed by atoms with Crippen molar-refractivity contribution < 1.29 is 14.7 Å². The van der Waals surface area contributed by atoms with E-state index in [9.17, 15) is 9.59 Å². The van der Waals surface area contributed by atoms with Gasteiger partial charge in [-0.3, -0.25) is 4.79 Å². The molecular weight excluding hydrogens is 182 g/mol. The molecule has 1 aliphatic carbocycles. The molecule has 4 heteroatoms. The Morgan fingerprint density at radius 3 is 2.36 bits per heavy atom. The SMILES string of the molecule is CCC(C)(NC(=O)C1CC1C)C(=O)O. The normalized spacial score (nSPS) is 29.1. The standard InChI is InChI=1S/C10H17NO3/c1-4-10(3,9(13)14)11-8(12)7-5-6(7)2/h6-7H,4-5H2,1-3H3,(H,11,12)(H,13,14). The number of carbonyl (C=O) groups is 2. The molecule has 4 nitrogen and oxygen atoms in total. The summed E-state index contributed by atoms with van der Waals surface area (Å²) in [5, 5.41) is 11.5. The van der Waals surface area contributed by atoms with Crippen molar-refractivity contribution in [1.82, 2.24) is 5.32 Å². The van der Waals surface area contributed by atoms with Gasteiger partial charge in [0.05, 0.1) is 0 Å². The van der Waals surface area contributed by atoms with E-state index in [4.69, 9.17) is 5.11 Å². The van der Waals surface area contributed by atoms with Crippen molar-refractivity contribution >= 4 is 11.9 Å². The third-order valence-corrected chi connectivity index (χ3v) is 3.02. The summed E-state index contributed by atoms with van der Waals surface area (Å²) < 4.78 is 0. The summed E-state index contributed by atoms with van der Waals surface area (Å²) in [6.45, 7) is 5.29. The van der Waals surface area contributed by atoms with E-state index in [1.165, 1.54) is 0 Å². The average molecular weight is 199 g/mol. The molecule has 2 N–H and O–H groups in total. The van der Waals surface area contributed by atoms with Crippen LogP contribution in [-0.4, -0.2) is 22.5 Å². The molecule has 3 unspecified atom stereocenters. The molecule has 0 bridgehead atoms. The van der Waals surface area contributed by atoms with Gasteiger partial charge in [-0.1, -0.05) is 13.8 Å². The van der Waals surface area contributed by atoms with E-state index < -0.39 is 11.5 Å². The minimum absolute atomic E-state index is 0.0280. The molecule has 3 atom stereocenters. The van der Waals surface area contributed by atoms with Crippen molar-refractivity contribution in [3.63, 3.8) is 0 Å². The lowest BCUT2D eigenvalue weighted by Gasteiger charge is -2.24. The Hall–Kier alpha value is -1.06. The number of nitrogens with one attached hydrogen (secondary N) is 1. The van der Waals surface area contributed by atoms with Crippen LogP contribution < -0.4 is 5.32 Å². The van der Waals surface area contributed by atoms with Gasteiger partial charge >= 0.3 is 5.97 Å². The summed E-state index contributed by atoms with van der Waals surface area (Å²) >= 11 is 0. The molecule has 0 aromatic rings. The van der Waals surface area contributed by atoms with Crippen LogP contribution in [0.1, 0.15) is 33.6 Å². The molecule has 80 valence electrons. The number of rotatable bonds is 4. The van der Waals surface area contributed by atoms with E-state index in [0.717, 1.165) is 6.42 Å². The summed E-state index contributed by atoms with van der Waals surface area (Å²) in [7, 11) is 0. The van der Waals surface area contributed by atoms with Crippen molar-refractivity contribution in [3.8, 4) is 0 Å². The molecule has 0 aliphatic heterocycles. The molecule has 0 spiro atoms. The second kappa shape index (κ2) is 3.59. The quantitative estimate of drug-likeness (QED) is 0.710. The second-order valence-electron chi connectivity index (χ2n) is 4.30. The monoisotopic (exact) mass is 199 g/mol. The minimum atomic E-state index is -1.11. The molecule has 0 aromatic heterocycles. The topological polar surface area (TPSA) is 66.4 Å². The maximum Gasteiger partial charge on any atom is 0.329 e. The Kier molecular flexibility index (Phi) is 2.83. The van der Waals surface area contributed by atoms with Gasteiger partial charge in [0.15, 0.2) is 0 Å². The van der Waals surface area contributed by atoms with E-state index in [2.05, 4.69) is 5.32 Å². The molecule has 1 amide bonds. The van der Waals surface area contributed by atoms with Crippen molar-refractivity contribution in [2.75, 3.05) is 0 Å². The molecule has 0 radical (unpaired) electrons. The summed E-state index contributed by atoms with van der Waals surface area (Å²) in [6.07, 6.45) is 1.28. The van der Waals surface area contributed by atoms with Gasteiger partial charge in [0, 0.05) is 5.92 Å². The fraction of sp³-hybridized carbons (Fsp3) is 0.800. The molecule has 1 saturated carbocycles. The van der Waals surface area contributed by atoms with E-state index in [0.29, 0.717) is 12.3 Å². The molecule has 14 heavy (non-hydrogen) atoms. The first-order valence-corrected chi connectivity index (χ1v) is 4.96. The van der Waals surface area contributed by atoms with Crippen molar-refractivity contribution in [3.05, 3.63) is 0 Å². The first-order valence-electron chi connectivity index (χ1n) is 4.96. The fourth-order valence-electron chi connectivity index (χ4n) is 1.35. The van der Waals surface area contributed by atoms with Gasteiger partial charge in [-0.15, -0.1) is 0 Å². The number of hydrogen-bond donors (Lipinski definition) is 2. The highest BCUT2D eigenvalue weighted by molar-refractivity contribution is 5.89. The first kappa shape index (κ1) is 11.0. The molecule has 0 saturated heterocycles. The number of amides is 1. The molecule has 0 heterocycles. The second-order valence-corrected chi connectivity index (χ2v) is 4.30. The number of carbonyl (C=O) groups excluding carboxylic acids is 1. The first-order chi connectivity index (χ1) is 6.40. The fourth-order valence-corrected chi connectivity index (χ4v) is 1.35. The van der Waals surface area contributed by atoms with Crippen molar-refractivity contribution in [1.29, 1.82) is 0 Å². The van der Waals surface area contributed by atoms with Gasteiger partial charge < -0.3 is 10.4 Å². The summed E-state index contributed by atoms with van der Waals surface area (Å²) in [5.74, 6) is -0.656. The van der Waals surface area contributed by atoms with Crippen LogP contribution in [0, 0.1) is 11.8 Å². The number of aliphatic carboxylic acids is 1. The van der Waals surface area contributed by atoms with Crippen LogP contribution in [0.25, 0.3) is 0 Å². The maximum absolute atomic E-state index is 11.5. The summed E-state index contributed by atoms with van der Waals surface area (Å²) in [4.78, 5) is 22.4. The molecule has 1 rings (SSSR count). The van der Waals surface area contributed by atoms with E-state index in [1.807, 2.05) is 6.92 Å². The van der Waals surface area contributed by atoms with Gasteiger partial charge in [0.2, 0.25) is 5.91 Å². The lowest BCUT2D eigenvalue weighted by Crippen LogP contribution is -2.52. The number of carboxylic acids is 1. The highest BCUT2D eigenvalue weighted by Gasteiger charge is 2.43. The summed E-state index contributed by atoms with van der Waals surface area (Å²) in [5.41, 5.74) is -1.11. The Morgan fingerprint density at radius 1 is 1.57 bits per heavy atom. The Morgan fingerprint density at radius 2 is 2.07 bits per heavy atom. The van der Waals surface area contributed by atoms with Gasteiger partial charge in [-0.2, -0.15) is 0 Å². The van der Waals surface area contributed by atoms with Crippen LogP contribution in [0.2, 0.25) is 0 Å². The summed E-state index contributed by atoms with van der Waals surface area (Å²) in [6, 6.07) is 0. The van der Waals surface area contributed by atoms with E-state index in [-0.39, 0.29) is 11.8 Å². The maximum atomic E-state index is 11.5. The number of hydrogen-bond acceptors (Lipinski definition) is 2. The van der Waals surface area contributed by atoms with Crippen molar-refractivity contribution in [2.45, 2.75) is 39.2 Å². The third kappa shape index (κ3) is 2.05. The van der Waals surface area contributed by atoms with E-state index >= 15 is 0 Å². The van der Waals surface area contributed by atoms with Crippen LogP contribution in [0.5, 0.6) is 0 Å². The molecule has 0 aromatic carbocycles. The van der Waals surface area contributed by atoms with Gasteiger partial charge in [0.1, 0.15) is 5.54 Å². The lowest BCUT2D eigenvalue weighted by molar-refractivity contribution is -0.147. The van der Waals surface area contributed by atoms with Crippen molar-refractivity contribution in [2.24, 2.45) is 11.8 Å². The van der Waals surface area contributed by atoms with Crippen LogP contribution in [0.15, 0.2) is 0 Å². The largest absolute Gasteiger partial charge is 0.480 e. The van der Waals surface area contributed by atoms with Crippen LogP contribution in [0.4, 0.5) is 0 Å². The highest BCUT2D eigenvalue weighted by atomic mass is 16.4. The minimum Gasteiger partial charge on any atom is -0.480 e. The molecule has 1 fully saturated rings. The van der Waals surface area contributed by atoms with E-state index in [1.54, 1.807) is 13.8 Å². The highest BCUT2D eigenvalue weighted by Crippen LogP contribution is 2.38. The lowest BCUT2D eigenvalue weighted by atomic mass is 9.99. The zero-order valence-corrected chi connectivity index (χ0v) is 8.83. The molecule has 1 aliphatic rings. The van der Waals surface area contributed by atoms with Gasteiger partial charge in [-0.25, -0.2) is 4.79 Å². The predicted octanol–water partition coefficient (Wildman–Crippen LogP) is 1.01. The smallest absolute Gasteiger partial charge is 0.329 e.